The molecule has 10 heteroatoms. The summed E-state index contributed by atoms with van der Waals surface area (Å²) < 4.78 is 20.9. The van der Waals surface area contributed by atoms with Crippen molar-refractivity contribution in [2.24, 2.45) is 5.92 Å². The molecular formula is C30H43N4O6+. The molecule has 218 valence electrons. The van der Waals surface area contributed by atoms with Gasteiger partial charge in [-0.05, 0) is 53.4 Å². The highest BCUT2D eigenvalue weighted by atomic mass is 16.6. The molecule has 10 nitrogen and oxygen atoms in total. The third-order valence-electron chi connectivity index (χ3n) is 7.36. The summed E-state index contributed by atoms with van der Waals surface area (Å²) in [6, 6.07) is 3.86. The van der Waals surface area contributed by atoms with Gasteiger partial charge in [-0.1, -0.05) is 19.3 Å². The lowest BCUT2D eigenvalue weighted by atomic mass is 9.89. The fraction of sp³-hybridized carbons (Fsp3) is 0.600. The van der Waals surface area contributed by atoms with Crippen LogP contribution in [0.3, 0.4) is 0 Å². The predicted molar refractivity (Wildman–Crippen MR) is 148 cm³/mol. The van der Waals surface area contributed by atoms with Crippen LogP contribution in [0.2, 0.25) is 0 Å². The van der Waals surface area contributed by atoms with Crippen molar-refractivity contribution < 1.29 is 33.2 Å². The maximum absolute atomic E-state index is 12.5. The summed E-state index contributed by atoms with van der Waals surface area (Å²) in [6.45, 7) is 8.62. The topological polar surface area (TPSA) is 112 Å². The number of pyridine rings is 1. The summed E-state index contributed by atoms with van der Waals surface area (Å²) in [5, 5.41) is 5.51. The molecule has 1 aliphatic carbocycles. The maximum Gasteiger partial charge on any atom is 0.407 e. The predicted octanol–water partition coefficient (Wildman–Crippen LogP) is 4.74. The largest absolute Gasteiger partial charge is 0.445 e. The van der Waals surface area contributed by atoms with Crippen LogP contribution in [0.1, 0.15) is 83.0 Å². The minimum absolute atomic E-state index is 0.00985. The Bertz CT molecular complexity index is 1180. The Balaban J connectivity index is 1.55. The van der Waals surface area contributed by atoms with Crippen LogP contribution in [0.4, 0.5) is 9.59 Å². The second kappa shape index (κ2) is 13.7. The molecule has 0 unspecified atom stereocenters. The van der Waals surface area contributed by atoms with Crippen LogP contribution >= 0.6 is 0 Å². The minimum atomic E-state index is -0.498. The Morgan fingerprint density at radius 2 is 1.48 bits per heavy atom. The molecule has 4 rings (SSSR count). The molecule has 0 saturated heterocycles. The van der Waals surface area contributed by atoms with E-state index in [1.54, 1.807) is 0 Å². The van der Waals surface area contributed by atoms with Crippen LogP contribution in [-0.4, -0.2) is 34.8 Å². The Labute approximate surface area is 236 Å². The standard InChI is InChI=1S/C30H42N4O6/c1-20(2)31-29(36)38-17-24-25(18-39-30(37)32-21(3)4)27(34-14-8-11-26(24)34)22-12-15-33(16-13-22)19-40-28(35)23-9-6-5-7-10-23/h12-13,15-16,20-21,23H,5-11,14,17-19H2,1-4H3,(H-,31,32,36,37)/p+1. The molecule has 1 saturated carbocycles. The van der Waals surface area contributed by atoms with Gasteiger partial charge in [0.05, 0.1) is 11.6 Å². The number of ether oxygens (including phenoxy) is 3. The van der Waals surface area contributed by atoms with Gasteiger partial charge in [0.25, 0.3) is 6.73 Å². The van der Waals surface area contributed by atoms with Gasteiger partial charge in [0.15, 0.2) is 12.4 Å². The first kappa shape index (κ1) is 29.4. The van der Waals surface area contributed by atoms with Gasteiger partial charge in [-0.3, -0.25) is 4.79 Å². The molecule has 2 N–H and O–H groups in total. The highest BCUT2D eigenvalue weighted by molar-refractivity contribution is 5.72. The van der Waals surface area contributed by atoms with Crippen LogP contribution in [0.25, 0.3) is 11.3 Å². The van der Waals surface area contributed by atoms with Gasteiger partial charge < -0.3 is 29.4 Å². The van der Waals surface area contributed by atoms with E-state index in [4.69, 9.17) is 14.2 Å². The van der Waals surface area contributed by atoms with E-state index in [-0.39, 0.29) is 43.9 Å². The van der Waals surface area contributed by atoms with Crippen LogP contribution in [0, 0.1) is 5.92 Å². The number of alkyl carbamates (subject to hydrolysis) is 2. The zero-order valence-electron chi connectivity index (χ0n) is 24.2. The van der Waals surface area contributed by atoms with Gasteiger partial charge in [-0.25, -0.2) is 9.59 Å². The fourth-order valence-electron chi connectivity index (χ4n) is 5.50. The number of hydrogen-bond acceptors (Lipinski definition) is 6. The number of hydrogen-bond donors (Lipinski definition) is 2. The molecule has 0 atom stereocenters. The molecule has 3 heterocycles. The number of aromatic nitrogens is 2. The van der Waals surface area contributed by atoms with Crippen LogP contribution in [0.15, 0.2) is 24.5 Å². The number of nitrogens with zero attached hydrogens (tertiary/aromatic N) is 2. The molecule has 2 aromatic rings. The first-order valence-corrected chi connectivity index (χ1v) is 14.5. The molecule has 40 heavy (non-hydrogen) atoms. The van der Waals surface area contributed by atoms with E-state index < -0.39 is 12.2 Å². The Kier molecular flexibility index (Phi) is 10.1. The molecule has 2 aromatic heterocycles. The quantitative estimate of drug-likeness (QED) is 0.249. The molecule has 1 aliphatic heterocycles. The van der Waals surface area contributed by atoms with Gasteiger partial charge in [-0.2, -0.15) is 4.57 Å². The summed E-state index contributed by atoms with van der Waals surface area (Å²) in [5.74, 6) is -0.110. The van der Waals surface area contributed by atoms with Crippen molar-refractivity contribution in [2.45, 2.75) is 111 Å². The van der Waals surface area contributed by atoms with E-state index in [1.807, 2.05) is 56.8 Å². The van der Waals surface area contributed by atoms with E-state index in [1.165, 1.54) is 6.42 Å². The molecule has 0 spiro atoms. The monoisotopic (exact) mass is 555 g/mol. The third kappa shape index (κ3) is 7.55. The maximum atomic E-state index is 12.5. The Hall–Kier alpha value is -3.56. The van der Waals surface area contributed by atoms with Crippen molar-refractivity contribution in [3.05, 3.63) is 41.3 Å². The molecular weight excluding hydrogens is 512 g/mol. The average Bonchev–Trinajstić information content (AvgIpc) is 3.50. The Morgan fingerprint density at radius 3 is 2.08 bits per heavy atom. The molecule has 0 radical (unpaired) electrons. The Morgan fingerprint density at radius 1 is 0.875 bits per heavy atom. The highest BCUT2D eigenvalue weighted by Gasteiger charge is 2.29. The van der Waals surface area contributed by atoms with Gasteiger partial charge in [0, 0.05) is 53.1 Å². The van der Waals surface area contributed by atoms with E-state index >= 15 is 0 Å². The second-order valence-electron chi connectivity index (χ2n) is 11.3. The first-order valence-electron chi connectivity index (χ1n) is 14.5. The first-order chi connectivity index (χ1) is 19.2. The van der Waals surface area contributed by atoms with Crippen molar-refractivity contribution in [3.63, 3.8) is 0 Å². The summed E-state index contributed by atoms with van der Waals surface area (Å²) in [5.41, 5.74) is 4.68. The van der Waals surface area contributed by atoms with Crippen LogP contribution < -0.4 is 15.2 Å². The number of amides is 2. The summed E-state index contributed by atoms with van der Waals surface area (Å²) in [6.07, 6.45) is 9.81. The lowest BCUT2D eigenvalue weighted by Crippen LogP contribution is -2.36. The normalized spacial score (nSPS) is 15.2. The average molecular weight is 556 g/mol. The number of fused-ring (bicyclic) bond motifs is 1. The molecule has 0 bridgehead atoms. The number of carbonyl (C=O) groups excluding carboxylic acids is 3. The minimum Gasteiger partial charge on any atom is -0.445 e. The van der Waals surface area contributed by atoms with E-state index in [0.29, 0.717) is 0 Å². The van der Waals surface area contributed by atoms with Crippen LogP contribution in [0.5, 0.6) is 0 Å². The molecule has 2 amide bonds. The highest BCUT2D eigenvalue weighted by Crippen LogP contribution is 2.37. The zero-order valence-corrected chi connectivity index (χ0v) is 24.2. The number of esters is 1. The summed E-state index contributed by atoms with van der Waals surface area (Å²) in [4.78, 5) is 37.1. The number of carbonyl (C=O) groups is 3. The number of rotatable bonds is 10. The zero-order chi connectivity index (χ0) is 28.6. The van der Waals surface area contributed by atoms with Gasteiger partial charge >= 0.3 is 18.2 Å². The van der Waals surface area contributed by atoms with Gasteiger partial charge in [-0.15, -0.1) is 0 Å². The summed E-state index contributed by atoms with van der Waals surface area (Å²) in [7, 11) is 0. The van der Waals surface area contributed by atoms with Crippen molar-refractivity contribution in [1.29, 1.82) is 0 Å². The van der Waals surface area contributed by atoms with Gasteiger partial charge in [0.2, 0.25) is 0 Å². The van der Waals surface area contributed by atoms with E-state index in [0.717, 1.165) is 73.1 Å². The summed E-state index contributed by atoms with van der Waals surface area (Å²) >= 11 is 0. The second-order valence-corrected chi connectivity index (χ2v) is 11.3. The van der Waals surface area contributed by atoms with Crippen molar-refractivity contribution in [3.8, 4) is 11.3 Å². The van der Waals surface area contributed by atoms with Gasteiger partial charge in [0.1, 0.15) is 13.2 Å². The van der Waals surface area contributed by atoms with E-state index in [9.17, 15) is 14.4 Å². The third-order valence-corrected chi connectivity index (χ3v) is 7.36. The van der Waals surface area contributed by atoms with Crippen molar-refractivity contribution in [1.82, 2.24) is 15.2 Å². The molecule has 1 fully saturated rings. The SMILES string of the molecule is CC(C)NC(=O)OCc1c(COC(=O)NC(C)C)c(-c2cc[n+](COC(=O)C3CCCCC3)cc2)n2c1CCC2. The smallest absolute Gasteiger partial charge is 0.407 e. The van der Waals surface area contributed by atoms with E-state index in [2.05, 4.69) is 15.2 Å². The lowest BCUT2D eigenvalue weighted by Gasteiger charge is -2.18. The molecule has 0 aromatic carbocycles. The number of nitrogens with one attached hydrogen (secondary N) is 2. The van der Waals surface area contributed by atoms with Crippen LogP contribution in [-0.2, 0) is 51.9 Å². The van der Waals surface area contributed by atoms with Crippen molar-refractivity contribution >= 4 is 18.2 Å². The van der Waals surface area contributed by atoms with Crippen molar-refractivity contribution in [2.75, 3.05) is 0 Å². The molecule has 2 aliphatic rings. The fourth-order valence-corrected chi connectivity index (χ4v) is 5.50. The lowest BCUT2D eigenvalue weighted by molar-refractivity contribution is -0.727.